The van der Waals surface area contributed by atoms with Gasteiger partial charge in [0.1, 0.15) is 5.10 Å². The zero-order valence-corrected chi connectivity index (χ0v) is 8.90. The fourth-order valence-corrected chi connectivity index (χ4v) is 1.51. The van der Waals surface area contributed by atoms with E-state index in [1.807, 2.05) is 6.92 Å². The molecule has 0 aromatic rings. The molecule has 0 radical (unpaired) electrons. The van der Waals surface area contributed by atoms with Crippen molar-refractivity contribution in [2.24, 2.45) is 11.0 Å². The molecule has 15 heavy (non-hydrogen) atoms. The van der Waals surface area contributed by atoms with E-state index in [9.17, 15) is 10.1 Å². The Bertz CT molecular complexity index is 250. The molecule has 2 unspecified atom stereocenters. The Morgan fingerprint density at radius 1 is 1.73 bits per heavy atom. The summed E-state index contributed by atoms with van der Waals surface area (Å²) in [6.07, 6.45) is 0.976. The van der Waals surface area contributed by atoms with Crippen LogP contribution in [-0.2, 0) is 4.74 Å². The number of nitro groups is 1. The molecule has 0 aromatic carbocycles. The summed E-state index contributed by atoms with van der Waals surface area (Å²) in [5.41, 5.74) is 0. The van der Waals surface area contributed by atoms with E-state index in [0.29, 0.717) is 12.5 Å². The van der Waals surface area contributed by atoms with Gasteiger partial charge in [-0.3, -0.25) is 0 Å². The van der Waals surface area contributed by atoms with Crippen molar-refractivity contribution in [1.82, 2.24) is 10.6 Å². The van der Waals surface area contributed by atoms with Gasteiger partial charge in [0.05, 0.1) is 6.61 Å². The molecule has 0 amide bonds. The summed E-state index contributed by atoms with van der Waals surface area (Å²) in [5.74, 6) is 0.565. The highest BCUT2D eigenvalue weighted by atomic mass is 16.7. The van der Waals surface area contributed by atoms with E-state index < -0.39 is 5.03 Å². The Hall–Kier alpha value is -1.37. The van der Waals surface area contributed by atoms with E-state index in [-0.39, 0.29) is 12.0 Å². The standard InChI is InChI=1S/C8H16N4O3/c1-6(7-3-4-15-5-7)10-8(9-2)11-12(13)14/h6-7H,3-5H2,1-2H3,(H2,9,10,11). The second-order valence-electron chi connectivity index (χ2n) is 3.49. The highest BCUT2D eigenvalue weighted by molar-refractivity contribution is 5.79. The highest BCUT2D eigenvalue weighted by Crippen LogP contribution is 2.15. The molecule has 0 aromatic heterocycles. The third kappa shape index (κ3) is 3.70. The van der Waals surface area contributed by atoms with E-state index >= 15 is 0 Å². The molecule has 1 fully saturated rings. The number of rotatable bonds is 3. The number of nitrogens with one attached hydrogen (secondary N) is 2. The Morgan fingerprint density at radius 2 is 2.47 bits per heavy atom. The molecule has 0 aliphatic carbocycles. The summed E-state index contributed by atoms with van der Waals surface area (Å²) in [7, 11) is 1.59. The second kappa shape index (κ2) is 5.50. The van der Waals surface area contributed by atoms with Crippen LogP contribution < -0.4 is 10.6 Å². The van der Waals surface area contributed by atoms with Crippen molar-refractivity contribution >= 4 is 5.96 Å². The zero-order valence-electron chi connectivity index (χ0n) is 8.90. The smallest absolute Gasteiger partial charge is 0.268 e. The third-order valence-electron chi connectivity index (χ3n) is 2.45. The van der Waals surface area contributed by atoms with Crippen LogP contribution in [0.25, 0.3) is 0 Å². The van der Waals surface area contributed by atoms with E-state index in [0.717, 1.165) is 13.0 Å². The van der Waals surface area contributed by atoms with Gasteiger partial charge in [-0.1, -0.05) is 0 Å². The molecule has 1 rings (SSSR count). The molecular formula is C8H16N4O3. The Kier molecular flexibility index (Phi) is 4.29. The molecule has 1 aliphatic heterocycles. The lowest BCUT2D eigenvalue weighted by atomic mass is 10.0. The summed E-state index contributed by atoms with van der Waals surface area (Å²) in [6.45, 7) is 3.42. The van der Waals surface area contributed by atoms with Gasteiger partial charge in [0.25, 0.3) is 5.96 Å². The average molecular weight is 216 g/mol. The highest BCUT2D eigenvalue weighted by Gasteiger charge is 2.23. The number of ether oxygens (including phenoxy) is 1. The SMILES string of the molecule is CNC(=N[N+](=O)[O-])NC(C)C1CCOC1. The Balaban J connectivity index is 2.46. The normalized spacial score (nSPS) is 23.6. The topological polar surface area (TPSA) is 88.8 Å². The lowest BCUT2D eigenvalue weighted by Crippen LogP contribution is -2.44. The van der Waals surface area contributed by atoms with Gasteiger partial charge in [0, 0.05) is 25.6 Å². The molecule has 7 heteroatoms. The van der Waals surface area contributed by atoms with Gasteiger partial charge in [0.2, 0.25) is 0 Å². The number of hydrogen-bond acceptors (Lipinski definition) is 3. The van der Waals surface area contributed by atoms with Gasteiger partial charge in [-0.15, -0.1) is 0 Å². The maximum atomic E-state index is 10.2. The van der Waals surface area contributed by atoms with Crippen molar-refractivity contribution in [3.05, 3.63) is 10.1 Å². The van der Waals surface area contributed by atoms with Crippen LogP contribution in [0.4, 0.5) is 0 Å². The van der Waals surface area contributed by atoms with Gasteiger partial charge >= 0.3 is 0 Å². The molecule has 1 aliphatic rings. The first kappa shape index (κ1) is 11.7. The Morgan fingerprint density at radius 3 is 2.93 bits per heavy atom. The van der Waals surface area contributed by atoms with Crippen LogP contribution in [0, 0.1) is 16.0 Å². The van der Waals surface area contributed by atoms with Crippen LogP contribution in [0.3, 0.4) is 0 Å². The van der Waals surface area contributed by atoms with Gasteiger partial charge in [-0.2, -0.15) is 0 Å². The van der Waals surface area contributed by atoms with Crippen LogP contribution in [0.15, 0.2) is 5.10 Å². The molecule has 0 spiro atoms. The predicted octanol–water partition coefficient (Wildman–Crippen LogP) is -0.232. The van der Waals surface area contributed by atoms with E-state index in [4.69, 9.17) is 4.74 Å². The van der Waals surface area contributed by atoms with Crippen LogP contribution >= 0.6 is 0 Å². The number of nitrogens with zero attached hydrogens (tertiary/aromatic N) is 2. The lowest BCUT2D eigenvalue weighted by Gasteiger charge is -2.19. The summed E-state index contributed by atoms with van der Waals surface area (Å²) in [5, 5.41) is 18.2. The first-order valence-electron chi connectivity index (χ1n) is 4.88. The molecule has 0 saturated carbocycles. The first-order valence-corrected chi connectivity index (χ1v) is 4.88. The monoisotopic (exact) mass is 216 g/mol. The van der Waals surface area contributed by atoms with Crippen molar-refractivity contribution in [1.29, 1.82) is 0 Å². The fourth-order valence-electron chi connectivity index (χ4n) is 1.51. The minimum Gasteiger partial charge on any atom is -0.381 e. The van der Waals surface area contributed by atoms with Crippen LogP contribution in [0.1, 0.15) is 13.3 Å². The minimum absolute atomic E-state index is 0.110. The van der Waals surface area contributed by atoms with Gasteiger partial charge < -0.3 is 15.4 Å². The third-order valence-corrected chi connectivity index (χ3v) is 2.45. The van der Waals surface area contributed by atoms with Crippen LogP contribution in [-0.4, -0.2) is 37.3 Å². The predicted molar refractivity (Wildman–Crippen MR) is 55.0 cm³/mol. The molecular weight excluding hydrogens is 200 g/mol. The fraction of sp³-hybridized carbons (Fsp3) is 0.875. The van der Waals surface area contributed by atoms with E-state index in [1.54, 1.807) is 7.05 Å². The quantitative estimate of drug-likeness (QED) is 0.294. The molecule has 2 atom stereocenters. The molecule has 0 bridgehead atoms. The van der Waals surface area contributed by atoms with Gasteiger partial charge in [0.15, 0.2) is 5.03 Å². The van der Waals surface area contributed by atoms with Crippen LogP contribution in [0.2, 0.25) is 0 Å². The summed E-state index contributed by atoms with van der Waals surface area (Å²) in [6, 6.07) is 0.110. The van der Waals surface area contributed by atoms with Crippen LogP contribution in [0.5, 0.6) is 0 Å². The van der Waals surface area contributed by atoms with E-state index in [2.05, 4.69) is 15.7 Å². The minimum atomic E-state index is -0.725. The average Bonchev–Trinajstić information content (AvgIpc) is 2.68. The number of guanidine groups is 1. The lowest BCUT2D eigenvalue weighted by molar-refractivity contribution is -0.485. The van der Waals surface area contributed by atoms with Crippen molar-refractivity contribution < 1.29 is 9.77 Å². The second-order valence-corrected chi connectivity index (χ2v) is 3.49. The molecule has 2 N–H and O–H groups in total. The van der Waals surface area contributed by atoms with E-state index in [1.165, 1.54) is 0 Å². The molecule has 7 nitrogen and oxygen atoms in total. The van der Waals surface area contributed by atoms with Crippen molar-refractivity contribution in [3.8, 4) is 0 Å². The molecule has 1 heterocycles. The first-order chi connectivity index (χ1) is 7.13. The summed E-state index contributed by atoms with van der Waals surface area (Å²) >= 11 is 0. The van der Waals surface area contributed by atoms with Crippen molar-refractivity contribution in [2.75, 3.05) is 20.3 Å². The summed E-state index contributed by atoms with van der Waals surface area (Å²) in [4.78, 5) is 10.2. The zero-order chi connectivity index (χ0) is 11.3. The van der Waals surface area contributed by atoms with Crippen molar-refractivity contribution in [2.45, 2.75) is 19.4 Å². The maximum absolute atomic E-state index is 10.2. The maximum Gasteiger partial charge on any atom is 0.268 e. The molecule has 86 valence electrons. The number of hydrazone groups is 1. The van der Waals surface area contributed by atoms with Gasteiger partial charge in [-0.05, 0) is 13.3 Å². The Labute approximate surface area is 88.0 Å². The molecule has 1 saturated heterocycles. The van der Waals surface area contributed by atoms with Gasteiger partial charge in [-0.25, -0.2) is 10.1 Å². The largest absolute Gasteiger partial charge is 0.381 e. The number of hydrogen-bond donors (Lipinski definition) is 2. The summed E-state index contributed by atoms with van der Waals surface area (Å²) < 4.78 is 5.24. The van der Waals surface area contributed by atoms with Crippen molar-refractivity contribution in [3.63, 3.8) is 0 Å².